The number of amides is 1. The highest BCUT2D eigenvalue weighted by atomic mass is 32.1. The molecule has 0 N–H and O–H groups in total. The standard InChI is InChI=1S/C26H32N4OS/c1-17(2)24-27-25(23-20-10-9-18(3)15-21(20)32-26(23)28-24)30-13-11-29(12-14-30)22(31)16-19-7-5-4-6-8-19/h4-8,17-18H,9-16H2,1-3H3. The number of nitrogens with zero attached hydrogens (tertiary/aromatic N) is 4. The number of hydrogen-bond donors (Lipinski definition) is 0. The summed E-state index contributed by atoms with van der Waals surface area (Å²) < 4.78 is 0. The lowest BCUT2D eigenvalue weighted by atomic mass is 9.89. The zero-order valence-electron chi connectivity index (χ0n) is 19.3. The maximum absolute atomic E-state index is 12.8. The molecule has 0 radical (unpaired) electrons. The Kier molecular flexibility index (Phi) is 5.89. The van der Waals surface area contributed by atoms with Crippen molar-refractivity contribution in [2.45, 2.75) is 52.4 Å². The Bertz CT molecular complexity index is 1120. The van der Waals surface area contributed by atoms with Gasteiger partial charge in [0.2, 0.25) is 5.91 Å². The van der Waals surface area contributed by atoms with Crippen molar-refractivity contribution >= 4 is 33.3 Å². The summed E-state index contributed by atoms with van der Waals surface area (Å²) in [6.45, 7) is 9.83. The van der Waals surface area contributed by atoms with Crippen LogP contribution < -0.4 is 4.90 Å². The molecule has 5 rings (SSSR count). The lowest BCUT2D eigenvalue weighted by molar-refractivity contribution is -0.130. The minimum atomic E-state index is 0.216. The molecule has 3 aromatic rings. The van der Waals surface area contributed by atoms with Crippen LogP contribution in [0.4, 0.5) is 5.82 Å². The number of carbonyl (C=O) groups excluding carboxylic acids is 1. The summed E-state index contributed by atoms with van der Waals surface area (Å²) in [5, 5.41) is 1.28. The molecule has 1 aliphatic heterocycles. The average Bonchev–Trinajstić information content (AvgIpc) is 3.16. The van der Waals surface area contributed by atoms with Crippen LogP contribution in [-0.4, -0.2) is 47.0 Å². The quantitative estimate of drug-likeness (QED) is 0.574. The van der Waals surface area contributed by atoms with E-state index in [0.29, 0.717) is 12.3 Å². The van der Waals surface area contributed by atoms with E-state index >= 15 is 0 Å². The van der Waals surface area contributed by atoms with Gasteiger partial charge in [-0.15, -0.1) is 11.3 Å². The molecule has 1 fully saturated rings. The molecule has 6 heteroatoms. The van der Waals surface area contributed by atoms with Crippen LogP contribution >= 0.6 is 11.3 Å². The van der Waals surface area contributed by atoms with Crippen molar-refractivity contribution in [3.8, 4) is 0 Å². The van der Waals surface area contributed by atoms with E-state index in [9.17, 15) is 4.79 Å². The minimum Gasteiger partial charge on any atom is -0.352 e. The number of carbonyl (C=O) groups is 1. The summed E-state index contributed by atoms with van der Waals surface area (Å²) >= 11 is 1.88. The van der Waals surface area contributed by atoms with Crippen molar-refractivity contribution in [2.75, 3.05) is 31.1 Å². The fourth-order valence-corrected chi connectivity index (χ4v) is 6.26. The Morgan fingerprint density at radius 1 is 1.12 bits per heavy atom. The number of aromatic nitrogens is 2. The molecule has 0 spiro atoms. The van der Waals surface area contributed by atoms with E-state index in [4.69, 9.17) is 9.97 Å². The van der Waals surface area contributed by atoms with E-state index in [-0.39, 0.29) is 5.91 Å². The van der Waals surface area contributed by atoms with Gasteiger partial charge in [0.25, 0.3) is 0 Å². The summed E-state index contributed by atoms with van der Waals surface area (Å²) in [6.07, 6.45) is 4.01. The summed E-state index contributed by atoms with van der Waals surface area (Å²) in [7, 11) is 0. The van der Waals surface area contributed by atoms with Crippen LogP contribution in [0.1, 0.15) is 54.9 Å². The number of piperazine rings is 1. The van der Waals surface area contributed by atoms with Crippen molar-refractivity contribution in [3.63, 3.8) is 0 Å². The lowest BCUT2D eigenvalue weighted by Gasteiger charge is -2.36. The van der Waals surface area contributed by atoms with Gasteiger partial charge in [-0.25, -0.2) is 9.97 Å². The number of benzene rings is 1. The molecule has 1 saturated heterocycles. The maximum Gasteiger partial charge on any atom is 0.227 e. The fraction of sp³-hybridized carbons (Fsp3) is 0.500. The SMILES string of the molecule is CC1CCc2c(sc3nc(C(C)C)nc(N4CCN(C(=O)Cc5ccccc5)CC4)c23)C1. The predicted octanol–water partition coefficient (Wildman–Crippen LogP) is 4.83. The molecular weight excluding hydrogens is 416 g/mol. The van der Waals surface area contributed by atoms with Crippen molar-refractivity contribution in [2.24, 2.45) is 5.92 Å². The second-order valence-corrected chi connectivity index (χ2v) is 10.7. The Balaban J connectivity index is 1.39. The maximum atomic E-state index is 12.8. The summed E-state index contributed by atoms with van der Waals surface area (Å²) in [4.78, 5) is 29.9. The third-order valence-electron chi connectivity index (χ3n) is 6.80. The topological polar surface area (TPSA) is 49.3 Å². The van der Waals surface area contributed by atoms with Gasteiger partial charge < -0.3 is 9.80 Å². The zero-order chi connectivity index (χ0) is 22.2. The van der Waals surface area contributed by atoms with Crippen molar-refractivity contribution in [1.82, 2.24) is 14.9 Å². The lowest BCUT2D eigenvalue weighted by Crippen LogP contribution is -2.49. The van der Waals surface area contributed by atoms with Gasteiger partial charge in [-0.3, -0.25) is 4.79 Å². The first kappa shape index (κ1) is 21.4. The number of hydrogen-bond acceptors (Lipinski definition) is 5. The molecule has 1 unspecified atom stereocenters. The van der Waals surface area contributed by atoms with E-state index in [1.807, 2.05) is 46.6 Å². The molecule has 0 bridgehead atoms. The Labute approximate surface area is 194 Å². The number of thiophene rings is 1. The van der Waals surface area contributed by atoms with Crippen LogP contribution in [0.5, 0.6) is 0 Å². The highest BCUT2D eigenvalue weighted by Gasteiger charge is 2.28. The number of fused-ring (bicyclic) bond motifs is 3. The first-order valence-corrected chi connectivity index (χ1v) is 12.7. The molecule has 1 aromatic carbocycles. The molecule has 5 nitrogen and oxygen atoms in total. The van der Waals surface area contributed by atoms with Gasteiger partial charge in [-0.2, -0.15) is 0 Å². The van der Waals surface area contributed by atoms with E-state index in [1.165, 1.54) is 22.2 Å². The zero-order valence-corrected chi connectivity index (χ0v) is 20.1. The molecule has 0 saturated carbocycles. The van der Waals surface area contributed by atoms with Gasteiger partial charge >= 0.3 is 0 Å². The molecule has 2 aromatic heterocycles. The molecule has 2 aliphatic rings. The first-order chi connectivity index (χ1) is 15.5. The van der Waals surface area contributed by atoms with Gasteiger partial charge in [0.05, 0.1) is 11.8 Å². The third kappa shape index (κ3) is 4.13. The van der Waals surface area contributed by atoms with Crippen LogP contribution in [0.15, 0.2) is 30.3 Å². The highest BCUT2D eigenvalue weighted by Crippen LogP contribution is 2.41. The van der Waals surface area contributed by atoms with Crippen LogP contribution in [-0.2, 0) is 24.1 Å². The smallest absolute Gasteiger partial charge is 0.227 e. The molecule has 3 heterocycles. The average molecular weight is 449 g/mol. The van der Waals surface area contributed by atoms with Gasteiger partial charge in [-0.05, 0) is 36.3 Å². The molecule has 1 aliphatic carbocycles. The first-order valence-electron chi connectivity index (χ1n) is 11.9. The summed E-state index contributed by atoms with van der Waals surface area (Å²) in [5.41, 5.74) is 2.56. The van der Waals surface area contributed by atoms with Crippen LogP contribution in [0.3, 0.4) is 0 Å². The van der Waals surface area contributed by atoms with E-state index in [2.05, 4.69) is 25.7 Å². The van der Waals surface area contributed by atoms with E-state index in [1.54, 1.807) is 0 Å². The van der Waals surface area contributed by atoms with Crippen LogP contribution in [0.2, 0.25) is 0 Å². The van der Waals surface area contributed by atoms with E-state index in [0.717, 1.165) is 67.0 Å². The molecule has 168 valence electrons. The number of aryl methyl sites for hydroxylation is 1. The second kappa shape index (κ2) is 8.81. The minimum absolute atomic E-state index is 0.216. The third-order valence-corrected chi connectivity index (χ3v) is 7.95. The molecular formula is C26H32N4OS. The molecule has 1 amide bonds. The Morgan fingerprint density at radius 2 is 1.88 bits per heavy atom. The van der Waals surface area contributed by atoms with E-state index < -0.39 is 0 Å². The van der Waals surface area contributed by atoms with Gasteiger partial charge in [0.15, 0.2) is 0 Å². The molecule has 1 atom stereocenters. The Morgan fingerprint density at radius 3 is 2.59 bits per heavy atom. The monoisotopic (exact) mass is 448 g/mol. The summed E-state index contributed by atoms with van der Waals surface area (Å²) in [6, 6.07) is 10.0. The van der Waals surface area contributed by atoms with Crippen LogP contribution in [0, 0.1) is 5.92 Å². The van der Waals surface area contributed by atoms with Gasteiger partial charge in [0, 0.05) is 37.0 Å². The largest absolute Gasteiger partial charge is 0.352 e. The van der Waals surface area contributed by atoms with Crippen molar-refractivity contribution in [3.05, 3.63) is 52.2 Å². The van der Waals surface area contributed by atoms with Gasteiger partial charge in [-0.1, -0.05) is 51.1 Å². The Hall–Kier alpha value is -2.47. The van der Waals surface area contributed by atoms with Crippen LogP contribution in [0.25, 0.3) is 10.2 Å². The van der Waals surface area contributed by atoms with Gasteiger partial charge in [0.1, 0.15) is 16.5 Å². The predicted molar refractivity (Wildman–Crippen MR) is 132 cm³/mol. The van der Waals surface area contributed by atoms with Crippen molar-refractivity contribution < 1.29 is 4.79 Å². The number of anilines is 1. The summed E-state index contributed by atoms with van der Waals surface area (Å²) in [5.74, 6) is 3.29. The second-order valence-electron chi connectivity index (χ2n) is 9.62. The highest BCUT2D eigenvalue weighted by molar-refractivity contribution is 7.19. The fourth-order valence-electron chi connectivity index (χ4n) is 4.88. The normalized spacial score (nSPS) is 18.9. The van der Waals surface area contributed by atoms with Crippen molar-refractivity contribution in [1.29, 1.82) is 0 Å². The molecule has 32 heavy (non-hydrogen) atoms. The number of rotatable bonds is 4.